The minimum atomic E-state index is -0.484. The third-order valence-corrected chi connectivity index (χ3v) is 4.94. The standard InChI is InChI=1S/C20H18N4O2S/c1-4-10-22-18(25)14(3)27-20-23-16-8-6-5-7-15(16)19(26)24(20)17-12-13(2)9-11-21-17/h1,5-9,11-12,14H,10H2,2-3H3,(H,22,25). The van der Waals surface area contributed by atoms with Gasteiger partial charge in [0.15, 0.2) is 5.16 Å². The van der Waals surface area contributed by atoms with Crippen molar-refractivity contribution in [1.29, 1.82) is 0 Å². The van der Waals surface area contributed by atoms with Gasteiger partial charge in [0.25, 0.3) is 5.56 Å². The monoisotopic (exact) mass is 378 g/mol. The molecule has 136 valence electrons. The van der Waals surface area contributed by atoms with E-state index in [-0.39, 0.29) is 18.0 Å². The number of aryl methyl sites for hydroxylation is 1. The van der Waals surface area contributed by atoms with E-state index >= 15 is 0 Å². The normalized spacial score (nSPS) is 11.7. The molecule has 6 nitrogen and oxygen atoms in total. The van der Waals surface area contributed by atoms with E-state index in [2.05, 4.69) is 21.2 Å². The van der Waals surface area contributed by atoms with Gasteiger partial charge in [-0.3, -0.25) is 9.59 Å². The topological polar surface area (TPSA) is 76.9 Å². The van der Waals surface area contributed by atoms with Crippen LogP contribution in [0.25, 0.3) is 16.7 Å². The van der Waals surface area contributed by atoms with E-state index in [1.54, 1.807) is 31.3 Å². The first-order valence-corrected chi connectivity index (χ1v) is 9.22. The van der Waals surface area contributed by atoms with Crippen molar-refractivity contribution < 1.29 is 4.79 Å². The Morgan fingerprint density at radius 3 is 2.89 bits per heavy atom. The van der Waals surface area contributed by atoms with Crippen LogP contribution in [-0.4, -0.2) is 32.2 Å². The highest BCUT2D eigenvalue weighted by atomic mass is 32.2. The number of carbonyl (C=O) groups excluding carboxylic acids is 1. The molecule has 1 unspecified atom stereocenters. The summed E-state index contributed by atoms with van der Waals surface area (Å²) >= 11 is 1.19. The molecule has 0 saturated heterocycles. The molecule has 3 rings (SSSR count). The second-order valence-electron chi connectivity index (χ2n) is 5.93. The van der Waals surface area contributed by atoms with Crippen LogP contribution in [0.1, 0.15) is 12.5 Å². The Morgan fingerprint density at radius 2 is 2.15 bits per heavy atom. The smallest absolute Gasteiger partial charge is 0.267 e. The number of rotatable bonds is 5. The van der Waals surface area contributed by atoms with Gasteiger partial charge < -0.3 is 5.32 Å². The van der Waals surface area contributed by atoms with Crippen LogP contribution in [0.4, 0.5) is 0 Å². The van der Waals surface area contributed by atoms with E-state index < -0.39 is 5.25 Å². The molecule has 7 heteroatoms. The highest BCUT2D eigenvalue weighted by Gasteiger charge is 2.20. The number of terminal acetylenes is 1. The Morgan fingerprint density at radius 1 is 1.37 bits per heavy atom. The molecule has 2 aromatic heterocycles. The molecule has 0 aliphatic carbocycles. The van der Waals surface area contributed by atoms with Crippen LogP contribution in [0.3, 0.4) is 0 Å². The van der Waals surface area contributed by atoms with Crippen molar-refractivity contribution in [2.45, 2.75) is 24.3 Å². The third-order valence-electron chi connectivity index (χ3n) is 3.89. The number of pyridine rings is 1. The number of fused-ring (bicyclic) bond motifs is 1. The second kappa shape index (κ2) is 8.06. The number of para-hydroxylation sites is 1. The van der Waals surface area contributed by atoms with Crippen LogP contribution in [0.5, 0.6) is 0 Å². The summed E-state index contributed by atoms with van der Waals surface area (Å²) in [5, 5.41) is 3.06. The van der Waals surface area contributed by atoms with E-state index in [1.165, 1.54) is 16.3 Å². The molecule has 0 fully saturated rings. The fourth-order valence-electron chi connectivity index (χ4n) is 2.53. The first-order valence-electron chi connectivity index (χ1n) is 8.34. The number of carbonyl (C=O) groups is 1. The first kappa shape index (κ1) is 18.7. The SMILES string of the molecule is C#CCNC(=O)C(C)Sc1nc2ccccc2c(=O)n1-c1cc(C)ccn1. The molecule has 0 bridgehead atoms. The number of nitrogens with one attached hydrogen (secondary N) is 1. The zero-order chi connectivity index (χ0) is 19.4. The van der Waals surface area contributed by atoms with Gasteiger partial charge >= 0.3 is 0 Å². The van der Waals surface area contributed by atoms with E-state index in [9.17, 15) is 9.59 Å². The number of nitrogens with zero attached hydrogens (tertiary/aromatic N) is 3. The van der Waals surface area contributed by atoms with Gasteiger partial charge in [-0.25, -0.2) is 14.5 Å². The van der Waals surface area contributed by atoms with Crippen molar-refractivity contribution in [2.75, 3.05) is 6.54 Å². The number of hydrogen-bond acceptors (Lipinski definition) is 5. The van der Waals surface area contributed by atoms with Gasteiger partial charge in [0.05, 0.1) is 22.7 Å². The van der Waals surface area contributed by atoms with Crippen LogP contribution in [-0.2, 0) is 4.79 Å². The van der Waals surface area contributed by atoms with Gasteiger partial charge in [0.1, 0.15) is 5.82 Å². The number of amides is 1. The average molecular weight is 378 g/mol. The lowest BCUT2D eigenvalue weighted by atomic mass is 10.2. The number of aromatic nitrogens is 3. The maximum atomic E-state index is 13.1. The lowest BCUT2D eigenvalue weighted by Gasteiger charge is -2.15. The van der Waals surface area contributed by atoms with Crippen molar-refractivity contribution in [1.82, 2.24) is 19.9 Å². The van der Waals surface area contributed by atoms with Crippen molar-refractivity contribution in [3.05, 3.63) is 58.5 Å². The minimum absolute atomic E-state index is 0.154. The van der Waals surface area contributed by atoms with E-state index in [0.717, 1.165) is 5.56 Å². The lowest BCUT2D eigenvalue weighted by molar-refractivity contribution is -0.120. The fourth-order valence-corrected chi connectivity index (χ4v) is 3.47. The van der Waals surface area contributed by atoms with Crippen molar-refractivity contribution in [3.8, 4) is 18.2 Å². The number of benzene rings is 1. The zero-order valence-corrected chi connectivity index (χ0v) is 15.8. The predicted molar refractivity (Wildman–Crippen MR) is 107 cm³/mol. The van der Waals surface area contributed by atoms with Crippen LogP contribution in [0.15, 0.2) is 52.5 Å². The maximum absolute atomic E-state index is 13.1. The Hall–Kier alpha value is -3.11. The number of thioether (sulfide) groups is 1. The summed E-state index contributed by atoms with van der Waals surface area (Å²) in [6, 6.07) is 10.8. The highest BCUT2D eigenvalue weighted by Crippen LogP contribution is 2.24. The molecule has 1 N–H and O–H groups in total. The molecule has 0 aliphatic heterocycles. The summed E-state index contributed by atoms with van der Waals surface area (Å²) in [6.45, 7) is 3.82. The first-order chi connectivity index (χ1) is 13.0. The van der Waals surface area contributed by atoms with Crippen LogP contribution in [0, 0.1) is 19.3 Å². The molecule has 0 radical (unpaired) electrons. The summed E-state index contributed by atoms with van der Waals surface area (Å²) in [5.74, 6) is 2.62. The van der Waals surface area contributed by atoms with Crippen molar-refractivity contribution in [2.24, 2.45) is 0 Å². The second-order valence-corrected chi connectivity index (χ2v) is 7.23. The summed E-state index contributed by atoms with van der Waals surface area (Å²) in [4.78, 5) is 34.3. The Labute approximate surface area is 161 Å². The average Bonchev–Trinajstić information content (AvgIpc) is 2.66. The molecule has 1 amide bonds. The summed E-state index contributed by atoms with van der Waals surface area (Å²) in [7, 11) is 0. The number of hydrogen-bond donors (Lipinski definition) is 1. The minimum Gasteiger partial charge on any atom is -0.344 e. The van der Waals surface area contributed by atoms with Crippen LogP contribution in [0.2, 0.25) is 0 Å². The van der Waals surface area contributed by atoms with Crippen LogP contribution >= 0.6 is 11.8 Å². The summed E-state index contributed by atoms with van der Waals surface area (Å²) in [5.41, 5.74) is 1.32. The largest absolute Gasteiger partial charge is 0.344 e. The summed E-state index contributed by atoms with van der Waals surface area (Å²) in [6.07, 6.45) is 6.83. The molecule has 0 aliphatic rings. The molecular formula is C20H18N4O2S. The maximum Gasteiger partial charge on any atom is 0.267 e. The van der Waals surface area contributed by atoms with Gasteiger partial charge in [-0.05, 0) is 43.7 Å². The quantitative estimate of drug-likeness (QED) is 0.419. The Kier molecular flexibility index (Phi) is 5.57. The van der Waals surface area contributed by atoms with E-state index in [4.69, 9.17) is 6.42 Å². The van der Waals surface area contributed by atoms with E-state index in [1.807, 2.05) is 25.1 Å². The molecule has 0 spiro atoms. The van der Waals surface area contributed by atoms with Crippen molar-refractivity contribution >= 4 is 28.6 Å². The van der Waals surface area contributed by atoms with Crippen molar-refractivity contribution in [3.63, 3.8) is 0 Å². The Balaban J connectivity index is 2.13. The molecule has 27 heavy (non-hydrogen) atoms. The predicted octanol–water partition coefficient (Wildman–Crippen LogP) is 2.32. The molecule has 0 saturated carbocycles. The molecule has 2 heterocycles. The summed E-state index contributed by atoms with van der Waals surface area (Å²) < 4.78 is 1.45. The highest BCUT2D eigenvalue weighted by molar-refractivity contribution is 8.00. The fraction of sp³-hybridized carbons (Fsp3) is 0.200. The van der Waals surface area contributed by atoms with E-state index in [0.29, 0.717) is 21.9 Å². The van der Waals surface area contributed by atoms with Gasteiger partial charge in [-0.1, -0.05) is 29.8 Å². The van der Waals surface area contributed by atoms with Gasteiger partial charge in [0, 0.05) is 6.20 Å². The van der Waals surface area contributed by atoms with Gasteiger partial charge in [0.2, 0.25) is 5.91 Å². The molecular weight excluding hydrogens is 360 g/mol. The van der Waals surface area contributed by atoms with Gasteiger partial charge in [-0.15, -0.1) is 6.42 Å². The van der Waals surface area contributed by atoms with Gasteiger partial charge in [-0.2, -0.15) is 0 Å². The molecule has 3 aromatic rings. The van der Waals surface area contributed by atoms with Crippen LogP contribution < -0.4 is 10.9 Å². The lowest BCUT2D eigenvalue weighted by Crippen LogP contribution is -2.32. The zero-order valence-electron chi connectivity index (χ0n) is 15.0. The molecule has 1 atom stereocenters. The third kappa shape index (κ3) is 4.01. The molecule has 1 aromatic carbocycles. The Bertz CT molecular complexity index is 1100.